The molecule has 0 spiro atoms. The highest BCUT2D eigenvalue weighted by Crippen LogP contribution is 2.29. The summed E-state index contributed by atoms with van der Waals surface area (Å²) < 4.78 is 38.3. The number of hydrogen-bond donors (Lipinski definition) is 3. The number of amides is 1. The molecule has 3 rings (SSSR count). The number of aromatic hydroxyl groups is 1. The normalized spacial score (nSPS) is 11.0. The van der Waals surface area contributed by atoms with Crippen LogP contribution >= 0.6 is 11.6 Å². The van der Waals surface area contributed by atoms with Crippen LogP contribution in [0.5, 0.6) is 17.2 Å². The molecule has 8 nitrogen and oxygen atoms in total. The Morgan fingerprint density at radius 1 is 1.00 bits per heavy atom. The minimum absolute atomic E-state index is 0.0127. The molecule has 1 amide bonds. The molecule has 0 saturated heterocycles. The molecule has 0 aromatic heterocycles. The Morgan fingerprint density at radius 2 is 1.76 bits per heavy atom. The van der Waals surface area contributed by atoms with Crippen LogP contribution < -0.4 is 19.5 Å². The van der Waals surface area contributed by atoms with Crippen molar-refractivity contribution in [1.29, 1.82) is 0 Å². The maximum absolute atomic E-state index is 12.7. The summed E-state index contributed by atoms with van der Waals surface area (Å²) >= 11 is 5.90. The largest absolute Gasteiger partial charge is 0.506 e. The highest BCUT2D eigenvalue weighted by molar-refractivity contribution is 7.92. The summed E-state index contributed by atoms with van der Waals surface area (Å²) in [6.07, 6.45) is 0.508. The van der Waals surface area contributed by atoms with E-state index in [0.29, 0.717) is 22.9 Å². The van der Waals surface area contributed by atoms with Crippen molar-refractivity contribution < 1.29 is 27.8 Å². The minimum Gasteiger partial charge on any atom is -0.506 e. The summed E-state index contributed by atoms with van der Waals surface area (Å²) in [4.78, 5) is 12.3. The third-order valence-electron chi connectivity index (χ3n) is 4.72. The zero-order valence-electron chi connectivity index (χ0n) is 18.0. The number of ether oxygens (including phenoxy) is 2. The molecule has 0 aliphatic carbocycles. The number of aryl methyl sites for hydroxylation is 1. The maximum Gasteiger partial charge on any atom is 0.261 e. The number of phenolic OH excluding ortho intramolecular Hbond substituents is 1. The van der Waals surface area contributed by atoms with Gasteiger partial charge in [0.05, 0.1) is 30.5 Å². The monoisotopic (exact) mass is 490 g/mol. The van der Waals surface area contributed by atoms with Gasteiger partial charge in [0.25, 0.3) is 10.0 Å². The van der Waals surface area contributed by atoms with E-state index in [9.17, 15) is 18.3 Å². The smallest absolute Gasteiger partial charge is 0.261 e. The average molecular weight is 491 g/mol. The number of hydrogen-bond acceptors (Lipinski definition) is 6. The topological polar surface area (TPSA) is 114 Å². The van der Waals surface area contributed by atoms with Crippen LogP contribution in [0.25, 0.3) is 0 Å². The van der Waals surface area contributed by atoms with Crippen LogP contribution in [0.3, 0.4) is 0 Å². The third-order valence-corrected chi connectivity index (χ3v) is 6.33. The highest BCUT2D eigenvalue weighted by Gasteiger charge is 2.18. The standard InChI is InChI=1S/C23H23ClN2O6S/c1-31-21-10-6-15(12-22(21)32-2)7-11-23(28)25-19-14-18(8-9-20(19)27)33(29,30)26-17-5-3-4-16(24)13-17/h3-6,8-10,12-14,26-27H,7,11H2,1-2H3,(H,25,28). The summed E-state index contributed by atoms with van der Waals surface area (Å²) in [6.45, 7) is 0. The van der Waals surface area contributed by atoms with Gasteiger partial charge in [-0.1, -0.05) is 23.7 Å². The fraction of sp³-hybridized carbons (Fsp3) is 0.174. The van der Waals surface area contributed by atoms with Crippen LogP contribution in [0.1, 0.15) is 12.0 Å². The number of carbonyl (C=O) groups is 1. The number of carbonyl (C=O) groups excluding carboxylic acids is 1. The molecule has 0 fully saturated rings. The molecule has 0 aliphatic rings. The molecule has 33 heavy (non-hydrogen) atoms. The fourth-order valence-electron chi connectivity index (χ4n) is 3.06. The van der Waals surface area contributed by atoms with Gasteiger partial charge in [0.15, 0.2) is 11.5 Å². The number of anilines is 2. The lowest BCUT2D eigenvalue weighted by molar-refractivity contribution is -0.116. The number of nitrogens with one attached hydrogen (secondary N) is 2. The van der Waals surface area contributed by atoms with Crippen LogP contribution in [0, 0.1) is 0 Å². The highest BCUT2D eigenvalue weighted by atomic mass is 35.5. The van der Waals surface area contributed by atoms with Crippen LogP contribution in [0.15, 0.2) is 65.6 Å². The predicted octanol–water partition coefficient (Wildman–Crippen LogP) is 4.43. The number of rotatable bonds is 9. The van der Waals surface area contributed by atoms with E-state index in [0.717, 1.165) is 5.56 Å². The number of benzene rings is 3. The van der Waals surface area contributed by atoms with E-state index in [4.69, 9.17) is 21.1 Å². The molecule has 174 valence electrons. The molecule has 0 heterocycles. The Labute approximate surface area is 197 Å². The molecular weight excluding hydrogens is 468 g/mol. The first-order chi connectivity index (χ1) is 15.7. The van der Waals surface area contributed by atoms with Gasteiger partial charge < -0.3 is 19.9 Å². The molecule has 0 unspecified atom stereocenters. The Balaban J connectivity index is 1.70. The first kappa shape index (κ1) is 24.2. The summed E-state index contributed by atoms with van der Waals surface area (Å²) in [5, 5.41) is 13.0. The Hall–Kier alpha value is -3.43. The van der Waals surface area contributed by atoms with Gasteiger partial charge in [-0.3, -0.25) is 9.52 Å². The molecule has 0 radical (unpaired) electrons. The van der Waals surface area contributed by atoms with Gasteiger partial charge in [-0.2, -0.15) is 0 Å². The van der Waals surface area contributed by atoms with Crippen molar-refractivity contribution in [1.82, 2.24) is 0 Å². The van der Waals surface area contributed by atoms with Crippen molar-refractivity contribution in [3.05, 3.63) is 71.2 Å². The van der Waals surface area contributed by atoms with Crippen molar-refractivity contribution in [3.63, 3.8) is 0 Å². The zero-order valence-corrected chi connectivity index (χ0v) is 19.5. The quantitative estimate of drug-likeness (QED) is 0.382. The lowest BCUT2D eigenvalue weighted by Crippen LogP contribution is -2.15. The Morgan fingerprint density at radius 3 is 2.45 bits per heavy atom. The van der Waals surface area contributed by atoms with Gasteiger partial charge in [-0.25, -0.2) is 8.42 Å². The number of halogens is 1. The van der Waals surface area contributed by atoms with Crippen molar-refractivity contribution in [2.24, 2.45) is 0 Å². The van der Waals surface area contributed by atoms with Crippen LogP contribution in [0.4, 0.5) is 11.4 Å². The lowest BCUT2D eigenvalue weighted by atomic mass is 10.1. The Kier molecular flexibility index (Phi) is 7.67. The summed E-state index contributed by atoms with van der Waals surface area (Å²) in [7, 11) is -0.906. The average Bonchev–Trinajstić information content (AvgIpc) is 2.78. The molecule has 0 atom stereocenters. The first-order valence-electron chi connectivity index (χ1n) is 9.84. The second-order valence-corrected chi connectivity index (χ2v) is 9.15. The molecule has 3 N–H and O–H groups in total. The van der Waals surface area contributed by atoms with Crippen molar-refractivity contribution >= 4 is 38.9 Å². The van der Waals surface area contributed by atoms with Gasteiger partial charge in [-0.05, 0) is 60.5 Å². The summed E-state index contributed by atoms with van der Waals surface area (Å²) in [5.41, 5.74) is 1.13. The molecule has 0 aliphatic heterocycles. The van der Waals surface area contributed by atoms with Crippen molar-refractivity contribution in [2.45, 2.75) is 17.7 Å². The van der Waals surface area contributed by atoms with Gasteiger partial charge >= 0.3 is 0 Å². The van der Waals surface area contributed by atoms with E-state index in [2.05, 4.69) is 10.0 Å². The molecule has 10 heteroatoms. The fourth-order valence-corrected chi connectivity index (χ4v) is 4.32. The number of sulfonamides is 1. The van der Waals surface area contributed by atoms with E-state index in [-0.39, 0.29) is 28.4 Å². The number of methoxy groups -OCH3 is 2. The van der Waals surface area contributed by atoms with Crippen molar-refractivity contribution in [3.8, 4) is 17.2 Å². The number of phenols is 1. The molecular formula is C23H23ClN2O6S. The van der Waals surface area contributed by atoms with Gasteiger partial charge in [0, 0.05) is 11.4 Å². The van der Waals surface area contributed by atoms with E-state index in [1.807, 2.05) is 6.07 Å². The second kappa shape index (κ2) is 10.5. The predicted molar refractivity (Wildman–Crippen MR) is 127 cm³/mol. The third kappa shape index (κ3) is 6.30. The summed E-state index contributed by atoms with van der Waals surface area (Å²) in [5.74, 6) is 0.492. The SMILES string of the molecule is COc1ccc(CCC(=O)Nc2cc(S(=O)(=O)Nc3cccc(Cl)c3)ccc2O)cc1OC. The van der Waals surface area contributed by atoms with Crippen LogP contribution in [-0.4, -0.2) is 33.7 Å². The molecule has 3 aromatic carbocycles. The van der Waals surface area contributed by atoms with E-state index < -0.39 is 15.9 Å². The second-order valence-electron chi connectivity index (χ2n) is 7.03. The first-order valence-corrected chi connectivity index (χ1v) is 11.7. The van der Waals surface area contributed by atoms with Gasteiger partial charge in [0.1, 0.15) is 5.75 Å². The summed E-state index contributed by atoms with van der Waals surface area (Å²) in [6, 6.07) is 15.2. The molecule has 3 aromatic rings. The van der Waals surface area contributed by atoms with E-state index >= 15 is 0 Å². The minimum atomic E-state index is -3.97. The van der Waals surface area contributed by atoms with Crippen LogP contribution in [0.2, 0.25) is 5.02 Å². The maximum atomic E-state index is 12.7. The van der Waals surface area contributed by atoms with Gasteiger partial charge in [-0.15, -0.1) is 0 Å². The van der Waals surface area contributed by atoms with Crippen molar-refractivity contribution in [2.75, 3.05) is 24.3 Å². The van der Waals surface area contributed by atoms with E-state index in [1.165, 1.54) is 38.5 Å². The van der Waals surface area contributed by atoms with Gasteiger partial charge in [0.2, 0.25) is 5.91 Å². The molecule has 0 bridgehead atoms. The lowest BCUT2D eigenvalue weighted by Gasteiger charge is -2.12. The van der Waals surface area contributed by atoms with E-state index in [1.54, 1.807) is 30.3 Å². The van der Waals surface area contributed by atoms with Crippen LogP contribution in [-0.2, 0) is 21.2 Å². The Bertz CT molecular complexity index is 1260. The zero-order chi connectivity index (χ0) is 24.0. The molecule has 0 saturated carbocycles.